The van der Waals surface area contributed by atoms with Crippen LogP contribution in [0.15, 0.2) is 46.1 Å². The molecule has 3 aromatic rings. The molecular weight excluding hydrogens is 427 g/mol. The molecule has 4 rings (SSSR count). The lowest BCUT2D eigenvalue weighted by Crippen LogP contribution is -2.56. The Morgan fingerprint density at radius 1 is 1.27 bits per heavy atom. The van der Waals surface area contributed by atoms with Crippen molar-refractivity contribution in [1.29, 1.82) is 0 Å². The molecule has 2 atom stereocenters. The molecule has 0 bridgehead atoms. The monoisotopic (exact) mass is 448 g/mol. The van der Waals surface area contributed by atoms with E-state index in [4.69, 9.17) is 10.2 Å². The number of nitrogens with zero attached hydrogens (tertiary/aromatic N) is 3. The van der Waals surface area contributed by atoms with E-state index >= 15 is 4.39 Å². The third-order valence-electron chi connectivity index (χ3n) is 5.67. The molecule has 30 heavy (non-hydrogen) atoms. The zero-order valence-corrected chi connectivity index (χ0v) is 18.3. The van der Waals surface area contributed by atoms with Gasteiger partial charge in [0, 0.05) is 10.4 Å². The summed E-state index contributed by atoms with van der Waals surface area (Å²) in [6, 6.07) is 8.66. The van der Waals surface area contributed by atoms with Gasteiger partial charge in [0.1, 0.15) is 21.9 Å². The van der Waals surface area contributed by atoms with Crippen molar-refractivity contribution in [2.45, 2.75) is 37.5 Å². The molecule has 0 saturated carbocycles. The van der Waals surface area contributed by atoms with Crippen LogP contribution in [0.4, 0.5) is 4.39 Å². The van der Waals surface area contributed by atoms with Gasteiger partial charge in [-0.25, -0.2) is 12.8 Å². The molecule has 0 aliphatic carbocycles. The van der Waals surface area contributed by atoms with E-state index in [0.29, 0.717) is 22.8 Å². The van der Waals surface area contributed by atoms with Crippen LogP contribution >= 0.6 is 11.3 Å². The zero-order valence-electron chi connectivity index (χ0n) is 16.7. The van der Waals surface area contributed by atoms with E-state index in [1.807, 2.05) is 24.3 Å². The van der Waals surface area contributed by atoms with E-state index in [0.717, 1.165) is 5.56 Å². The fourth-order valence-corrected chi connectivity index (χ4v) is 6.89. The first-order valence-corrected chi connectivity index (χ1v) is 11.8. The fourth-order valence-electron chi connectivity index (χ4n) is 3.60. The van der Waals surface area contributed by atoms with Crippen LogP contribution in [-0.4, -0.2) is 35.0 Å². The maximum absolute atomic E-state index is 15.0. The second-order valence-electron chi connectivity index (χ2n) is 7.73. The van der Waals surface area contributed by atoms with Crippen molar-refractivity contribution >= 4 is 27.0 Å². The van der Waals surface area contributed by atoms with Gasteiger partial charge in [-0.3, -0.25) is 4.99 Å². The van der Waals surface area contributed by atoms with Gasteiger partial charge in [0.2, 0.25) is 12.3 Å². The van der Waals surface area contributed by atoms with Crippen LogP contribution in [0.5, 0.6) is 0 Å². The number of hydrogen-bond acceptors (Lipinski definition) is 8. The summed E-state index contributed by atoms with van der Waals surface area (Å²) in [4.78, 5) is 5.36. The van der Waals surface area contributed by atoms with E-state index in [1.165, 1.54) is 23.8 Å². The quantitative estimate of drug-likeness (QED) is 0.650. The number of halogens is 1. The first kappa shape index (κ1) is 20.7. The molecule has 158 valence electrons. The molecule has 1 aromatic carbocycles. The highest BCUT2D eigenvalue weighted by Gasteiger charge is 2.51. The van der Waals surface area contributed by atoms with Gasteiger partial charge in [0.25, 0.3) is 0 Å². The highest BCUT2D eigenvalue weighted by molar-refractivity contribution is 7.93. The second kappa shape index (κ2) is 6.98. The molecule has 2 N–H and O–H groups in total. The van der Waals surface area contributed by atoms with Crippen LogP contribution in [-0.2, 0) is 15.4 Å². The van der Waals surface area contributed by atoms with Crippen LogP contribution < -0.4 is 5.73 Å². The van der Waals surface area contributed by atoms with Crippen molar-refractivity contribution in [2.75, 3.05) is 5.75 Å². The van der Waals surface area contributed by atoms with E-state index in [1.54, 1.807) is 20.8 Å². The van der Waals surface area contributed by atoms with Gasteiger partial charge in [-0.15, -0.1) is 21.5 Å². The molecule has 2 aromatic heterocycles. The summed E-state index contributed by atoms with van der Waals surface area (Å²) in [5.41, 5.74) is 6.25. The SMILES string of the molecule is CC[C@@]1(C)C(N)=N[C@](C)(c2sc(-c3cccc(-c4nnco4)c3)cc2F)CS1(=O)=O. The number of thiophene rings is 1. The molecule has 0 fully saturated rings. The Balaban J connectivity index is 1.78. The highest BCUT2D eigenvalue weighted by atomic mass is 32.2. The third-order valence-corrected chi connectivity index (χ3v) is 9.90. The molecule has 3 heterocycles. The number of amidine groups is 1. The zero-order chi connectivity index (χ0) is 21.7. The van der Waals surface area contributed by atoms with Gasteiger partial charge >= 0.3 is 0 Å². The number of aliphatic imine (C=N–C) groups is 1. The smallest absolute Gasteiger partial charge is 0.247 e. The lowest BCUT2D eigenvalue weighted by atomic mass is 10.00. The minimum atomic E-state index is -3.63. The number of rotatable bonds is 4. The lowest BCUT2D eigenvalue weighted by Gasteiger charge is -2.38. The molecule has 0 unspecified atom stereocenters. The molecule has 7 nitrogen and oxygen atoms in total. The third kappa shape index (κ3) is 3.14. The summed E-state index contributed by atoms with van der Waals surface area (Å²) >= 11 is 1.17. The van der Waals surface area contributed by atoms with Crippen molar-refractivity contribution < 1.29 is 17.2 Å². The van der Waals surface area contributed by atoms with Gasteiger partial charge in [0.15, 0.2) is 9.84 Å². The highest BCUT2D eigenvalue weighted by Crippen LogP contribution is 2.44. The Kier molecular flexibility index (Phi) is 4.81. The van der Waals surface area contributed by atoms with Crippen LogP contribution in [0.3, 0.4) is 0 Å². The molecular formula is C20H21FN4O3S2. The van der Waals surface area contributed by atoms with E-state index < -0.39 is 25.9 Å². The van der Waals surface area contributed by atoms with E-state index in [9.17, 15) is 8.42 Å². The van der Waals surface area contributed by atoms with Crippen molar-refractivity contribution in [3.8, 4) is 21.9 Å². The van der Waals surface area contributed by atoms with Crippen LogP contribution in [0.2, 0.25) is 0 Å². The average Bonchev–Trinajstić information content (AvgIpc) is 3.36. The predicted molar refractivity (Wildman–Crippen MR) is 114 cm³/mol. The molecule has 1 aliphatic heterocycles. The van der Waals surface area contributed by atoms with E-state index in [-0.39, 0.29) is 16.5 Å². The lowest BCUT2D eigenvalue weighted by molar-refractivity contribution is 0.479. The number of nitrogens with two attached hydrogens (primary N) is 1. The Morgan fingerprint density at radius 3 is 2.63 bits per heavy atom. The number of hydrogen-bond donors (Lipinski definition) is 1. The Morgan fingerprint density at radius 2 is 2.00 bits per heavy atom. The normalized spacial score (nSPS) is 25.8. The Bertz CT molecular complexity index is 1240. The summed E-state index contributed by atoms with van der Waals surface area (Å²) in [7, 11) is -3.63. The number of aromatic nitrogens is 2. The number of benzene rings is 1. The van der Waals surface area contributed by atoms with Crippen molar-refractivity contribution in [3.05, 3.63) is 47.4 Å². The Labute approximate surface area is 177 Å². The fraction of sp³-hybridized carbons (Fsp3) is 0.350. The van der Waals surface area contributed by atoms with Crippen molar-refractivity contribution in [3.63, 3.8) is 0 Å². The predicted octanol–water partition coefficient (Wildman–Crippen LogP) is 3.77. The standard InChI is InChI=1S/C20H21FN4O3S2/c1-4-20(3)18(22)24-19(2,10-30(20,26)27)16-14(21)9-15(29-16)12-6-5-7-13(8-12)17-25-23-11-28-17/h5-9,11H,4,10H2,1-3H3,(H2,22,24)/t19-,20-/m0/s1. The van der Waals surface area contributed by atoms with Gasteiger partial charge in [-0.2, -0.15) is 0 Å². The van der Waals surface area contributed by atoms with Crippen LogP contribution in [0.25, 0.3) is 21.9 Å². The second-order valence-corrected chi connectivity index (χ2v) is 11.2. The maximum atomic E-state index is 15.0. The van der Waals surface area contributed by atoms with Gasteiger partial charge in [-0.05, 0) is 44.0 Å². The van der Waals surface area contributed by atoms with Crippen molar-refractivity contribution in [2.24, 2.45) is 10.7 Å². The summed E-state index contributed by atoms with van der Waals surface area (Å²) in [6.07, 6.45) is 1.54. The van der Waals surface area contributed by atoms with Crippen LogP contribution in [0, 0.1) is 5.82 Å². The first-order chi connectivity index (χ1) is 14.1. The first-order valence-electron chi connectivity index (χ1n) is 9.34. The molecule has 0 saturated heterocycles. The van der Waals surface area contributed by atoms with Gasteiger partial charge < -0.3 is 10.2 Å². The van der Waals surface area contributed by atoms with Crippen molar-refractivity contribution in [1.82, 2.24) is 10.2 Å². The molecule has 10 heteroatoms. The van der Waals surface area contributed by atoms with E-state index in [2.05, 4.69) is 15.2 Å². The summed E-state index contributed by atoms with van der Waals surface area (Å²) < 4.78 is 45.0. The maximum Gasteiger partial charge on any atom is 0.247 e. The topological polar surface area (TPSA) is 111 Å². The summed E-state index contributed by atoms with van der Waals surface area (Å²) in [5, 5.41) is 7.56. The summed E-state index contributed by atoms with van der Waals surface area (Å²) in [6.45, 7) is 4.93. The minimum absolute atomic E-state index is 0.0199. The largest absolute Gasteiger partial charge is 0.423 e. The Hall–Kier alpha value is -2.59. The summed E-state index contributed by atoms with van der Waals surface area (Å²) in [5.74, 6) is -0.432. The molecule has 0 radical (unpaired) electrons. The molecule has 1 aliphatic rings. The molecule has 0 spiro atoms. The van der Waals surface area contributed by atoms with Crippen LogP contribution in [0.1, 0.15) is 32.1 Å². The van der Waals surface area contributed by atoms with Gasteiger partial charge in [-0.1, -0.05) is 19.1 Å². The molecule has 0 amide bonds. The average molecular weight is 449 g/mol. The minimum Gasteiger partial charge on any atom is -0.423 e. The van der Waals surface area contributed by atoms with Gasteiger partial charge in [0.05, 0.1) is 10.6 Å². The number of sulfone groups is 1.